The van der Waals surface area contributed by atoms with Crippen molar-refractivity contribution in [3.63, 3.8) is 0 Å². The lowest BCUT2D eigenvalue weighted by Crippen LogP contribution is -2.49. The summed E-state index contributed by atoms with van der Waals surface area (Å²) in [5.41, 5.74) is -1.15. The number of hydrogen-bond acceptors (Lipinski definition) is 10. The van der Waals surface area contributed by atoms with E-state index >= 15 is 0 Å². The van der Waals surface area contributed by atoms with E-state index in [0.717, 1.165) is 5.56 Å². The molecule has 0 aromatic heterocycles. The molecule has 0 spiro atoms. The molecule has 1 aliphatic carbocycles. The second-order valence-electron chi connectivity index (χ2n) is 10.6. The van der Waals surface area contributed by atoms with Gasteiger partial charge in [0, 0.05) is 22.6 Å². The van der Waals surface area contributed by atoms with Gasteiger partial charge in [0.1, 0.15) is 5.60 Å². The van der Waals surface area contributed by atoms with Crippen LogP contribution in [-0.2, 0) is 16.0 Å². The van der Waals surface area contributed by atoms with Crippen LogP contribution in [0.3, 0.4) is 0 Å². The highest BCUT2D eigenvalue weighted by atomic mass is 16.7. The number of ether oxygens (including phenoxy) is 7. The molecule has 206 valence electrons. The lowest BCUT2D eigenvalue weighted by Gasteiger charge is -2.41. The molecular weight excluding hydrogens is 496 g/mol. The van der Waals surface area contributed by atoms with Gasteiger partial charge >= 0.3 is 5.97 Å². The van der Waals surface area contributed by atoms with Crippen molar-refractivity contribution in [3.8, 4) is 45.6 Å². The van der Waals surface area contributed by atoms with Crippen molar-refractivity contribution in [2.45, 2.75) is 51.4 Å². The Balaban J connectivity index is 1.98. The van der Waals surface area contributed by atoms with Gasteiger partial charge in [-0.15, -0.1) is 0 Å². The normalized spacial score (nSPS) is 29.7. The van der Waals surface area contributed by atoms with Crippen molar-refractivity contribution < 1.29 is 48.2 Å². The quantitative estimate of drug-likeness (QED) is 0.571. The van der Waals surface area contributed by atoms with E-state index in [9.17, 15) is 15.0 Å². The molecule has 2 heterocycles. The van der Waals surface area contributed by atoms with Gasteiger partial charge in [0.2, 0.25) is 18.3 Å². The summed E-state index contributed by atoms with van der Waals surface area (Å²) in [7, 11) is 4.47. The summed E-state index contributed by atoms with van der Waals surface area (Å²) in [6.45, 7) is 6.54. The largest absolute Gasteiger partial charge is 0.493 e. The molecule has 2 aromatic carbocycles. The maximum Gasteiger partial charge on any atom is 0.338 e. The van der Waals surface area contributed by atoms with Gasteiger partial charge < -0.3 is 43.4 Å². The summed E-state index contributed by atoms with van der Waals surface area (Å²) in [5.74, 6) is 0.241. The molecule has 0 saturated carbocycles. The smallest absolute Gasteiger partial charge is 0.338 e. The number of hydrogen-bond donors (Lipinski definition) is 2. The number of rotatable bonds is 3. The first kappa shape index (κ1) is 26.2. The summed E-state index contributed by atoms with van der Waals surface area (Å²) in [5, 5.41) is 23.3. The Morgan fingerprint density at radius 1 is 0.895 bits per heavy atom. The van der Waals surface area contributed by atoms with Crippen LogP contribution in [0, 0.1) is 11.8 Å². The van der Waals surface area contributed by atoms with E-state index in [0.29, 0.717) is 57.6 Å². The van der Waals surface area contributed by atoms with Gasteiger partial charge in [-0.25, -0.2) is 4.79 Å². The van der Waals surface area contributed by atoms with E-state index in [-0.39, 0.29) is 13.4 Å². The Morgan fingerprint density at radius 2 is 1.61 bits per heavy atom. The molecule has 3 aliphatic rings. The van der Waals surface area contributed by atoms with E-state index < -0.39 is 35.1 Å². The molecule has 0 unspecified atom stereocenters. The third-order valence-electron chi connectivity index (χ3n) is 8.22. The van der Waals surface area contributed by atoms with Crippen LogP contribution in [0.1, 0.15) is 44.9 Å². The lowest BCUT2D eigenvalue weighted by molar-refractivity contribution is -0.194. The number of esters is 1. The number of carbonyl (C=O) groups is 1. The molecule has 0 fully saturated rings. The molecule has 2 N–H and O–H groups in total. The highest BCUT2D eigenvalue weighted by Gasteiger charge is 2.50. The first-order chi connectivity index (χ1) is 18.0. The summed E-state index contributed by atoms with van der Waals surface area (Å²) in [4.78, 5) is 13.5. The van der Waals surface area contributed by atoms with Crippen LogP contribution >= 0.6 is 0 Å². The number of methoxy groups -OCH3 is 3. The molecule has 10 heteroatoms. The molecule has 2 aromatic rings. The first-order valence-corrected chi connectivity index (χ1v) is 12.5. The average molecular weight is 531 g/mol. The average Bonchev–Trinajstić information content (AvgIpc) is 3.35. The second kappa shape index (κ2) is 9.13. The minimum absolute atomic E-state index is 0.00920. The maximum atomic E-state index is 13.5. The van der Waals surface area contributed by atoms with Crippen LogP contribution in [0.2, 0.25) is 0 Å². The number of fused-ring (bicyclic) bond motifs is 2. The minimum atomic E-state index is -1.92. The van der Waals surface area contributed by atoms with E-state index in [1.807, 2.05) is 13.0 Å². The highest BCUT2D eigenvalue weighted by molar-refractivity contribution is 5.89. The molecule has 2 aliphatic heterocycles. The molecule has 5 rings (SSSR count). The Morgan fingerprint density at radius 3 is 2.26 bits per heavy atom. The van der Waals surface area contributed by atoms with Gasteiger partial charge in [-0.05, 0) is 43.9 Å². The Hall–Kier alpha value is -3.37. The van der Waals surface area contributed by atoms with Crippen molar-refractivity contribution in [1.82, 2.24) is 0 Å². The van der Waals surface area contributed by atoms with Crippen LogP contribution in [0.15, 0.2) is 12.1 Å². The molecule has 38 heavy (non-hydrogen) atoms. The standard InChI is InChI=1S/C28H34O10/c1-13-8-15-9-18-22(37-12-36-18)24-19(15)20-16(10-17(32-5)21(33-6)23(20)34-7)25(27(13,3)30)38-26(29)28(4,31)14(2)11-35-24/h9-10,13-14,25,30-31H,8,11-12H2,1-7H3/t13-,14+,25+,27+,28-/m0/s1. The van der Waals surface area contributed by atoms with Crippen molar-refractivity contribution in [2.75, 3.05) is 34.7 Å². The SMILES string of the molecule is COc1cc2c(c(OC)c1OC)-c1c3cc4c(c1OC[C@@H](C)[C@](C)(O)C(=O)O[C@H]2[C@](C)(O)[C@@H](C)C3)OCO4. The van der Waals surface area contributed by atoms with Crippen LogP contribution in [0.5, 0.6) is 34.5 Å². The topological polar surface area (TPSA) is 122 Å². The van der Waals surface area contributed by atoms with Crippen LogP contribution in [-0.4, -0.2) is 62.1 Å². The fourth-order valence-corrected chi connectivity index (χ4v) is 5.37. The summed E-state index contributed by atoms with van der Waals surface area (Å²) < 4.78 is 41.2. The third kappa shape index (κ3) is 3.72. The molecular formula is C28H34O10. The molecule has 0 amide bonds. The van der Waals surface area contributed by atoms with Crippen molar-refractivity contribution in [1.29, 1.82) is 0 Å². The van der Waals surface area contributed by atoms with Gasteiger partial charge in [0.05, 0.1) is 27.9 Å². The van der Waals surface area contributed by atoms with Crippen LogP contribution in [0.25, 0.3) is 11.1 Å². The lowest BCUT2D eigenvalue weighted by atomic mass is 9.73. The van der Waals surface area contributed by atoms with Crippen molar-refractivity contribution in [3.05, 3.63) is 23.3 Å². The molecule has 0 radical (unpaired) electrons. The predicted octanol–water partition coefficient (Wildman–Crippen LogP) is 3.42. The van der Waals surface area contributed by atoms with Gasteiger partial charge in [0.25, 0.3) is 0 Å². The Bertz CT molecular complexity index is 1280. The maximum absolute atomic E-state index is 13.5. The predicted molar refractivity (Wildman–Crippen MR) is 135 cm³/mol. The minimum Gasteiger partial charge on any atom is -0.493 e. The first-order valence-electron chi connectivity index (χ1n) is 12.5. The zero-order chi connectivity index (χ0) is 27.6. The van der Waals surface area contributed by atoms with Crippen LogP contribution in [0.4, 0.5) is 0 Å². The fraction of sp³-hybridized carbons (Fsp3) is 0.536. The molecule has 2 bridgehead atoms. The van der Waals surface area contributed by atoms with E-state index in [1.54, 1.807) is 19.9 Å². The summed E-state index contributed by atoms with van der Waals surface area (Å²) in [6.07, 6.45) is -0.830. The van der Waals surface area contributed by atoms with Gasteiger partial charge in [-0.2, -0.15) is 0 Å². The van der Waals surface area contributed by atoms with E-state index in [1.165, 1.54) is 28.3 Å². The van der Waals surface area contributed by atoms with E-state index in [4.69, 9.17) is 33.2 Å². The summed E-state index contributed by atoms with van der Waals surface area (Å²) >= 11 is 0. The Labute approximate surface area is 221 Å². The van der Waals surface area contributed by atoms with Gasteiger partial charge in [-0.1, -0.05) is 13.8 Å². The number of carbonyl (C=O) groups excluding carboxylic acids is 1. The second-order valence-corrected chi connectivity index (χ2v) is 10.6. The van der Waals surface area contributed by atoms with Crippen molar-refractivity contribution in [2.24, 2.45) is 11.8 Å². The van der Waals surface area contributed by atoms with E-state index in [2.05, 4.69) is 0 Å². The third-order valence-corrected chi connectivity index (χ3v) is 8.22. The number of aliphatic hydroxyl groups is 2. The molecule has 5 atom stereocenters. The van der Waals surface area contributed by atoms with Gasteiger partial charge in [-0.3, -0.25) is 0 Å². The van der Waals surface area contributed by atoms with Gasteiger partial charge in [0.15, 0.2) is 34.7 Å². The number of benzene rings is 2. The zero-order valence-corrected chi connectivity index (χ0v) is 22.7. The zero-order valence-electron chi connectivity index (χ0n) is 22.7. The van der Waals surface area contributed by atoms with Crippen LogP contribution < -0.4 is 28.4 Å². The fourth-order valence-electron chi connectivity index (χ4n) is 5.37. The molecule has 0 saturated heterocycles. The summed E-state index contributed by atoms with van der Waals surface area (Å²) in [6, 6.07) is 3.54. The molecule has 10 nitrogen and oxygen atoms in total. The van der Waals surface area contributed by atoms with Crippen molar-refractivity contribution >= 4 is 5.97 Å². The Kier molecular flexibility index (Phi) is 6.30. The monoisotopic (exact) mass is 530 g/mol. The highest BCUT2D eigenvalue weighted by Crippen LogP contribution is 2.59.